The maximum absolute atomic E-state index is 12.0. The Morgan fingerprint density at radius 3 is 2.81 bits per heavy atom. The number of rotatable bonds is 3. The Morgan fingerprint density at radius 2 is 2.31 bits per heavy atom. The van der Waals surface area contributed by atoms with Crippen LogP contribution in [0.3, 0.4) is 0 Å². The monoisotopic (exact) mass is 223 g/mol. The fourth-order valence-electron chi connectivity index (χ4n) is 1.93. The zero-order valence-corrected chi connectivity index (χ0v) is 9.63. The highest BCUT2D eigenvalue weighted by molar-refractivity contribution is 5.81. The van der Waals surface area contributed by atoms with E-state index in [1.165, 1.54) is 0 Å². The van der Waals surface area contributed by atoms with Crippen molar-refractivity contribution in [2.45, 2.75) is 31.9 Å². The predicted octanol–water partition coefficient (Wildman–Crippen LogP) is 0.427. The molecule has 0 spiro atoms. The van der Waals surface area contributed by atoms with E-state index >= 15 is 0 Å². The SMILES string of the molecule is CCC1(O)CN(C(=O)C(C)n2cccn2)C1. The number of carbonyl (C=O) groups is 1. The lowest BCUT2D eigenvalue weighted by Gasteiger charge is -2.46. The van der Waals surface area contributed by atoms with Crippen molar-refractivity contribution >= 4 is 5.91 Å². The maximum Gasteiger partial charge on any atom is 0.247 e. The van der Waals surface area contributed by atoms with Crippen molar-refractivity contribution in [2.75, 3.05) is 13.1 Å². The van der Waals surface area contributed by atoms with Crippen LogP contribution in [0.5, 0.6) is 0 Å². The molecule has 5 heteroatoms. The van der Waals surface area contributed by atoms with Gasteiger partial charge in [-0.25, -0.2) is 0 Å². The van der Waals surface area contributed by atoms with E-state index in [0.717, 1.165) is 0 Å². The van der Waals surface area contributed by atoms with Gasteiger partial charge < -0.3 is 10.0 Å². The summed E-state index contributed by atoms with van der Waals surface area (Å²) < 4.78 is 1.63. The number of carbonyl (C=O) groups excluding carboxylic acids is 1. The number of β-amino-alcohol motifs (C(OH)–C–C–N with tert-alkyl or cyclic N) is 1. The van der Waals surface area contributed by atoms with Crippen LogP contribution in [-0.2, 0) is 4.79 Å². The van der Waals surface area contributed by atoms with Crippen molar-refractivity contribution in [3.63, 3.8) is 0 Å². The van der Waals surface area contributed by atoms with Crippen LogP contribution in [0.4, 0.5) is 0 Å². The Labute approximate surface area is 94.7 Å². The van der Waals surface area contributed by atoms with Crippen LogP contribution in [0.15, 0.2) is 18.5 Å². The molecule has 0 saturated carbocycles. The second-order valence-electron chi connectivity index (χ2n) is 4.43. The van der Waals surface area contributed by atoms with Gasteiger partial charge in [-0.05, 0) is 19.4 Å². The van der Waals surface area contributed by atoms with Crippen molar-refractivity contribution < 1.29 is 9.90 Å². The van der Waals surface area contributed by atoms with Crippen LogP contribution >= 0.6 is 0 Å². The van der Waals surface area contributed by atoms with Gasteiger partial charge in [0.15, 0.2) is 0 Å². The van der Waals surface area contributed by atoms with Crippen molar-refractivity contribution in [3.8, 4) is 0 Å². The molecule has 16 heavy (non-hydrogen) atoms. The van der Waals surface area contributed by atoms with Crippen molar-refractivity contribution in [3.05, 3.63) is 18.5 Å². The molecule has 0 aliphatic carbocycles. The fourth-order valence-corrected chi connectivity index (χ4v) is 1.93. The number of nitrogens with zero attached hydrogens (tertiary/aromatic N) is 3. The lowest BCUT2D eigenvalue weighted by atomic mass is 9.91. The van der Waals surface area contributed by atoms with Crippen molar-refractivity contribution in [2.24, 2.45) is 0 Å². The predicted molar refractivity (Wildman–Crippen MR) is 58.8 cm³/mol. The molecule has 1 aliphatic rings. The molecule has 2 rings (SSSR count). The molecule has 0 radical (unpaired) electrons. The Balaban J connectivity index is 1.95. The van der Waals surface area contributed by atoms with Crippen LogP contribution < -0.4 is 0 Å². The molecule has 1 fully saturated rings. The van der Waals surface area contributed by atoms with E-state index in [4.69, 9.17) is 0 Å². The van der Waals surface area contributed by atoms with E-state index in [-0.39, 0.29) is 11.9 Å². The second-order valence-corrected chi connectivity index (χ2v) is 4.43. The summed E-state index contributed by atoms with van der Waals surface area (Å²) in [7, 11) is 0. The topological polar surface area (TPSA) is 58.4 Å². The highest BCUT2D eigenvalue weighted by Crippen LogP contribution is 2.26. The van der Waals surface area contributed by atoms with Crippen LogP contribution in [-0.4, -0.2) is 44.4 Å². The first-order valence-electron chi connectivity index (χ1n) is 5.56. The minimum Gasteiger partial charge on any atom is -0.386 e. The molecule has 88 valence electrons. The minimum absolute atomic E-state index is 0.0156. The molecule has 1 unspecified atom stereocenters. The molecule has 1 N–H and O–H groups in total. The molecule has 1 aliphatic heterocycles. The van der Waals surface area contributed by atoms with E-state index in [9.17, 15) is 9.90 Å². The zero-order chi connectivity index (χ0) is 11.8. The molecule has 0 aromatic carbocycles. The minimum atomic E-state index is -0.667. The van der Waals surface area contributed by atoms with Gasteiger partial charge in [0.1, 0.15) is 6.04 Å². The molecular formula is C11H17N3O2. The average Bonchev–Trinajstić information content (AvgIpc) is 2.76. The van der Waals surface area contributed by atoms with Crippen LogP contribution in [0.2, 0.25) is 0 Å². The maximum atomic E-state index is 12.0. The summed E-state index contributed by atoms with van der Waals surface area (Å²) in [6, 6.07) is 1.50. The van der Waals surface area contributed by atoms with E-state index in [1.54, 1.807) is 28.0 Å². The van der Waals surface area contributed by atoms with Gasteiger partial charge in [-0.3, -0.25) is 9.48 Å². The quantitative estimate of drug-likeness (QED) is 0.808. The number of aromatic nitrogens is 2. The summed E-state index contributed by atoms with van der Waals surface area (Å²) in [6.45, 7) is 4.62. The van der Waals surface area contributed by atoms with E-state index in [0.29, 0.717) is 19.5 Å². The van der Waals surface area contributed by atoms with Gasteiger partial charge in [0.2, 0.25) is 5.91 Å². The highest BCUT2D eigenvalue weighted by atomic mass is 16.3. The van der Waals surface area contributed by atoms with E-state index < -0.39 is 5.60 Å². The molecule has 1 atom stereocenters. The van der Waals surface area contributed by atoms with Gasteiger partial charge in [0.25, 0.3) is 0 Å². The summed E-state index contributed by atoms with van der Waals surface area (Å²) in [6.07, 6.45) is 4.11. The number of hydrogen-bond donors (Lipinski definition) is 1. The molecule has 1 aromatic heterocycles. The fraction of sp³-hybridized carbons (Fsp3) is 0.636. The third-order valence-electron chi connectivity index (χ3n) is 3.22. The number of amides is 1. The first-order chi connectivity index (χ1) is 7.56. The molecule has 1 aromatic rings. The Bertz CT molecular complexity index is 369. The van der Waals surface area contributed by atoms with Crippen LogP contribution in [0.25, 0.3) is 0 Å². The van der Waals surface area contributed by atoms with Gasteiger partial charge in [-0.15, -0.1) is 0 Å². The Morgan fingerprint density at radius 1 is 1.62 bits per heavy atom. The molecule has 2 heterocycles. The van der Waals surface area contributed by atoms with Gasteiger partial charge >= 0.3 is 0 Å². The lowest BCUT2D eigenvalue weighted by Crippen LogP contribution is -2.64. The summed E-state index contributed by atoms with van der Waals surface area (Å²) in [5.74, 6) is 0.0156. The first-order valence-corrected chi connectivity index (χ1v) is 5.56. The Hall–Kier alpha value is -1.36. The third kappa shape index (κ3) is 1.82. The highest BCUT2D eigenvalue weighted by Gasteiger charge is 2.43. The van der Waals surface area contributed by atoms with E-state index in [2.05, 4.69) is 5.10 Å². The molecule has 5 nitrogen and oxygen atoms in total. The summed E-state index contributed by atoms with van der Waals surface area (Å²) in [5, 5.41) is 13.9. The van der Waals surface area contributed by atoms with Crippen molar-refractivity contribution in [1.82, 2.24) is 14.7 Å². The molecular weight excluding hydrogens is 206 g/mol. The summed E-state index contributed by atoms with van der Waals surface area (Å²) in [4.78, 5) is 13.7. The standard InChI is InChI=1S/C11H17N3O2/c1-3-11(16)7-13(8-11)10(15)9(2)14-6-4-5-12-14/h4-6,9,16H,3,7-8H2,1-2H3. The van der Waals surface area contributed by atoms with Crippen LogP contribution in [0.1, 0.15) is 26.3 Å². The number of aliphatic hydroxyl groups is 1. The number of likely N-dealkylation sites (tertiary alicyclic amines) is 1. The molecule has 1 amide bonds. The normalized spacial score (nSPS) is 20.3. The van der Waals surface area contributed by atoms with E-state index in [1.807, 2.05) is 13.8 Å². The van der Waals surface area contributed by atoms with Gasteiger partial charge in [0.05, 0.1) is 18.7 Å². The molecule has 1 saturated heterocycles. The largest absolute Gasteiger partial charge is 0.386 e. The number of hydrogen-bond acceptors (Lipinski definition) is 3. The zero-order valence-electron chi connectivity index (χ0n) is 9.63. The average molecular weight is 223 g/mol. The molecule has 0 bridgehead atoms. The summed E-state index contributed by atoms with van der Waals surface area (Å²) >= 11 is 0. The van der Waals surface area contributed by atoms with Crippen molar-refractivity contribution in [1.29, 1.82) is 0 Å². The Kier molecular flexibility index (Phi) is 2.71. The van der Waals surface area contributed by atoms with Gasteiger partial charge in [-0.1, -0.05) is 6.92 Å². The first kappa shape index (κ1) is 11.1. The third-order valence-corrected chi connectivity index (χ3v) is 3.22. The smallest absolute Gasteiger partial charge is 0.247 e. The lowest BCUT2D eigenvalue weighted by molar-refractivity contribution is -0.159. The van der Waals surface area contributed by atoms with Crippen LogP contribution in [0, 0.1) is 0 Å². The van der Waals surface area contributed by atoms with Gasteiger partial charge in [0, 0.05) is 12.4 Å². The van der Waals surface area contributed by atoms with Gasteiger partial charge in [-0.2, -0.15) is 5.10 Å². The second kappa shape index (κ2) is 3.90. The summed E-state index contributed by atoms with van der Waals surface area (Å²) in [5.41, 5.74) is -0.667.